The van der Waals surface area contributed by atoms with Crippen LogP contribution in [0, 0.1) is 6.92 Å². The zero-order chi connectivity index (χ0) is 20.6. The van der Waals surface area contributed by atoms with Gasteiger partial charge in [-0.2, -0.15) is 0 Å². The summed E-state index contributed by atoms with van der Waals surface area (Å²) < 4.78 is 0. The van der Waals surface area contributed by atoms with Gasteiger partial charge in [0.05, 0.1) is 16.4 Å². The minimum absolute atomic E-state index is 0.182. The molecular weight excluding hydrogens is 384 g/mol. The van der Waals surface area contributed by atoms with E-state index in [2.05, 4.69) is 20.3 Å². The number of hydrogen-bond acceptors (Lipinski definition) is 6. The number of carboxylic acids is 1. The Morgan fingerprint density at radius 3 is 2.64 bits per heavy atom. The maximum Gasteiger partial charge on any atom is 0.328 e. The number of hydrogen-bond donors (Lipinski definition) is 5. The summed E-state index contributed by atoms with van der Waals surface area (Å²) in [5.74, 6) is -1.56. The Morgan fingerprint density at radius 2 is 2.00 bits per heavy atom. The predicted molar refractivity (Wildman–Crippen MR) is 104 cm³/mol. The number of fused-ring (bicyclic) bond motifs is 1. The third kappa shape index (κ3) is 3.69. The first-order valence-electron chi connectivity index (χ1n) is 8.58. The number of H-pyrrole nitrogens is 2. The maximum atomic E-state index is 12.3. The number of rotatable bonds is 6. The normalized spacial score (nSPS) is 14.6. The number of carboxylic acid groups (broad SMARTS) is 1. The third-order valence-corrected chi connectivity index (χ3v) is 5.74. The van der Waals surface area contributed by atoms with Crippen molar-refractivity contribution in [2.45, 2.75) is 38.8 Å². The Hall–Kier alpha value is -2.98. The van der Waals surface area contributed by atoms with E-state index in [-0.39, 0.29) is 11.5 Å². The van der Waals surface area contributed by atoms with E-state index in [1.54, 1.807) is 25.3 Å². The highest BCUT2D eigenvalue weighted by Gasteiger charge is 2.26. The van der Waals surface area contributed by atoms with Gasteiger partial charge in [0, 0.05) is 17.0 Å². The average Bonchev–Trinajstić information content (AvgIpc) is 3.25. The zero-order valence-electron chi connectivity index (χ0n) is 15.4. The summed E-state index contributed by atoms with van der Waals surface area (Å²) in [7, 11) is 0. The first-order chi connectivity index (χ1) is 13.2. The predicted octanol–water partition coefficient (Wildman–Crippen LogP) is 1.34. The lowest BCUT2D eigenvalue weighted by atomic mass is 10.0. The summed E-state index contributed by atoms with van der Waals surface area (Å²) in [6, 6.07) is 1.96. The summed E-state index contributed by atoms with van der Waals surface area (Å²) in [6.45, 7) is 4.91. The molecule has 0 saturated carbocycles. The number of nitrogens with zero attached hydrogens (tertiary/aromatic N) is 1. The Morgan fingerprint density at radius 1 is 1.29 bits per heavy atom. The van der Waals surface area contributed by atoms with E-state index in [0.717, 1.165) is 10.4 Å². The van der Waals surface area contributed by atoms with Crippen molar-refractivity contribution in [1.29, 1.82) is 0 Å². The molecule has 3 rings (SSSR count). The monoisotopic (exact) mass is 404 g/mol. The van der Waals surface area contributed by atoms with Crippen molar-refractivity contribution in [2.75, 3.05) is 0 Å². The number of thiophene rings is 1. The number of nitrogens with one attached hydrogen (secondary N) is 3. The molecule has 0 aliphatic carbocycles. The number of amides is 1. The number of aromatic amines is 2. The van der Waals surface area contributed by atoms with E-state index >= 15 is 0 Å². The molecule has 0 aliphatic heterocycles. The van der Waals surface area contributed by atoms with Crippen LogP contribution < -0.4 is 10.9 Å². The van der Waals surface area contributed by atoms with Gasteiger partial charge in [0.15, 0.2) is 6.04 Å². The van der Waals surface area contributed by atoms with Crippen LogP contribution in [0.4, 0.5) is 0 Å². The van der Waals surface area contributed by atoms with E-state index in [1.165, 1.54) is 18.3 Å². The fraction of sp³-hybridized carbons (Fsp3) is 0.333. The van der Waals surface area contributed by atoms with E-state index in [1.807, 2.05) is 6.92 Å². The molecule has 0 aromatic carbocycles. The van der Waals surface area contributed by atoms with Crippen LogP contribution in [0.3, 0.4) is 0 Å². The van der Waals surface area contributed by atoms with E-state index < -0.39 is 24.0 Å². The van der Waals surface area contributed by atoms with Gasteiger partial charge in [0.2, 0.25) is 0 Å². The molecule has 0 fully saturated rings. The minimum Gasteiger partial charge on any atom is -0.480 e. The highest BCUT2D eigenvalue weighted by Crippen LogP contribution is 2.32. The van der Waals surface area contributed by atoms with Crippen LogP contribution in [0.1, 0.15) is 45.7 Å². The molecule has 3 aromatic rings. The van der Waals surface area contributed by atoms with E-state index in [9.17, 15) is 19.5 Å². The number of aryl methyl sites for hydroxylation is 1. The molecule has 1 amide bonds. The molecule has 0 radical (unpaired) electrons. The highest BCUT2D eigenvalue weighted by atomic mass is 32.1. The van der Waals surface area contributed by atoms with Crippen molar-refractivity contribution in [2.24, 2.45) is 0 Å². The SMILES string of the molecule is Cc1nc2[nH]cc(C(C)c3ccc(C(=O)N[C@H](C(=O)O)[C@@H](C)O)s3)c2c(=O)[nH]1. The summed E-state index contributed by atoms with van der Waals surface area (Å²) in [5, 5.41) is 21.4. The van der Waals surface area contributed by atoms with Crippen LogP contribution in [-0.2, 0) is 4.79 Å². The number of aliphatic hydroxyl groups excluding tert-OH is 1. The number of aliphatic carboxylic acids is 1. The number of aromatic nitrogens is 3. The van der Waals surface area contributed by atoms with Gasteiger partial charge in [-0.25, -0.2) is 9.78 Å². The summed E-state index contributed by atoms with van der Waals surface area (Å²) in [6.07, 6.45) is 0.499. The van der Waals surface area contributed by atoms with Crippen LogP contribution >= 0.6 is 11.3 Å². The van der Waals surface area contributed by atoms with Gasteiger partial charge in [-0.1, -0.05) is 6.92 Å². The second-order valence-corrected chi connectivity index (χ2v) is 7.69. The largest absolute Gasteiger partial charge is 0.480 e. The second kappa shape index (κ2) is 7.56. The molecule has 148 valence electrons. The Labute approximate surface area is 163 Å². The molecule has 0 bridgehead atoms. The molecular formula is C18H20N4O5S. The quantitative estimate of drug-likeness (QED) is 0.419. The lowest BCUT2D eigenvalue weighted by Gasteiger charge is -2.16. The molecule has 0 spiro atoms. The minimum atomic E-state index is -1.39. The topological polar surface area (TPSA) is 148 Å². The van der Waals surface area contributed by atoms with E-state index in [0.29, 0.717) is 21.7 Å². The lowest BCUT2D eigenvalue weighted by molar-refractivity contribution is -0.141. The first kappa shape index (κ1) is 19.8. The molecule has 10 heteroatoms. The molecule has 9 nitrogen and oxygen atoms in total. The Bertz CT molecular complexity index is 1100. The van der Waals surface area contributed by atoms with Gasteiger partial charge in [0.1, 0.15) is 11.5 Å². The van der Waals surface area contributed by atoms with Crippen molar-refractivity contribution in [3.63, 3.8) is 0 Å². The maximum absolute atomic E-state index is 12.3. The van der Waals surface area contributed by atoms with Crippen molar-refractivity contribution in [1.82, 2.24) is 20.3 Å². The molecule has 0 aliphatic rings. The number of aliphatic hydroxyl groups is 1. The van der Waals surface area contributed by atoms with Crippen LogP contribution in [0.25, 0.3) is 11.0 Å². The fourth-order valence-corrected chi connectivity index (χ4v) is 3.96. The van der Waals surface area contributed by atoms with Gasteiger partial charge in [0.25, 0.3) is 11.5 Å². The molecule has 3 atom stereocenters. The van der Waals surface area contributed by atoms with Crippen molar-refractivity contribution >= 4 is 34.2 Å². The smallest absolute Gasteiger partial charge is 0.328 e. The van der Waals surface area contributed by atoms with Crippen LogP contribution in [0.15, 0.2) is 23.1 Å². The third-order valence-electron chi connectivity index (χ3n) is 4.47. The summed E-state index contributed by atoms with van der Waals surface area (Å²) in [5.41, 5.74) is 1.02. The fourth-order valence-electron chi connectivity index (χ4n) is 2.98. The molecule has 28 heavy (non-hydrogen) atoms. The van der Waals surface area contributed by atoms with Gasteiger partial charge < -0.3 is 25.5 Å². The van der Waals surface area contributed by atoms with Crippen LogP contribution in [0.5, 0.6) is 0 Å². The molecule has 5 N–H and O–H groups in total. The van der Waals surface area contributed by atoms with E-state index in [4.69, 9.17) is 5.11 Å². The van der Waals surface area contributed by atoms with Crippen molar-refractivity contribution < 1.29 is 19.8 Å². The van der Waals surface area contributed by atoms with Crippen molar-refractivity contribution in [3.8, 4) is 0 Å². The van der Waals surface area contributed by atoms with Gasteiger partial charge >= 0.3 is 5.97 Å². The molecule has 0 saturated heterocycles. The van der Waals surface area contributed by atoms with Gasteiger partial charge in [-0.05, 0) is 31.5 Å². The Kier molecular flexibility index (Phi) is 5.34. The second-order valence-electron chi connectivity index (χ2n) is 6.57. The van der Waals surface area contributed by atoms with Gasteiger partial charge in [-0.3, -0.25) is 9.59 Å². The zero-order valence-corrected chi connectivity index (χ0v) is 16.3. The van der Waals surface area contributed by atoms with Gasteiger partial charge in [-0.15, -0.1) is 11.3 Å². The van der Waals surface area contributed by atoms with Crippen molar-refractivity contribution in [3.05, 3.63) is 49.8 Å². The van der Waals surface area contributed by atoms with Crippen LogP contribution in [-0.4, -0.2) is 49.2 Å². The molecule has 1 unspecified atom stereocenters. The van der Waals surface area contributed by atoms with Crippen LogP contribution in [0.2, 0.25) is 0 Å². The number of carbonyl (C=O) groups is 2. The first-order valence-corrected chi connectivity index (χ1v) is 9.40. The standard InChI is InChI=1S/C18H20N4O5S/c1-7(10-6-19-15-13(10)17(25)21-9(3)20-15)11-4-5-12(28-11)16(24)22-14(8(2)23)18(26)27/h4-8,14,23H,1-3H3,(H,22,24)(H,26,27)(H2,19,20,21,25)/t7?,8-,14+/m1/s1. The summed E-state index contributed by atoms with van der Waals surface area (Å²) >= 11 is 1.20. The Balaban J connectivity index is 1.87. The highest BCUT2D eigenvalue weighted by molar-refractivity contribution is 7.14. The lowest BCUT2D eigenvalue weighted by Crippen LogP contribution is -2.47. The molecule has 3 heterocycles. The number of carbonyl (C=O) groups excluding carboxylic acids is 1. The summed E-state index contributed by atoms with van der Waals surface area (Å²) in [4.78, 5) is 46.9. The molecule has 3 aromatic heterocycles. The average molecular weight is 404 g/mol.